The van der Waals surface area contributed by atoms with Crippen LogP contribution >= 0.6 is 0 Å². The van der Waals surface area contributed by atoms with Crippen molar-refractivity contribution >= 4 is 0 Å². The van der Waals surface area contributed by atoms with Gasteiger partial charge in [0, 0.05) is 34.8 Å². The molecule has 2 N–H and O–H groups in total. The van der Waals surface area contributed by atoms with E-state index < -0.39 is 11.0 Å². The summed E-state index contributed by atoms with van der Waals surface area (Å²) >= 11 is 0. The SMILES string of the molecule is Cc1ccc2c3c1O[C@H]1[C@@]4(CO)C=C[C@@]5(C[C@@H]4[C@@](C)(O)Cc4ccccc4)[C@@H](C2)N(C)CC[C@]315. The third-order valence-corrected chi connectivity index (χ3v) is 10.6. The summed E-state index contributed by atoms with van der Waals surface area (Å²) in [5.41, 5.74) is 3.36. The summed E-state index contributed by atoms with van der Waals surface area (Å²) in [7, 11) is 2.27. The van der Waals surface area contributed by atoms with Gasteiger partial charge in [-0.25, -0.2) is 0 Å². The van der Waals surface area contributed by atoms with Gasteiger partial charge in [0.2, 0.25) is 0 Å². The molecule has 0 radical (unpaired) electrons. The van der Waals surface area contributed by atoms with Crippen LogP contribution in [0.1, 0.15) is 42.0 Å². The number of hydrogen-bond acceptors (Lipinski definition) is 4. The van der Waals surface area contributed by atoms with Crippen molar-refractivity contribution in [2.24, 2.45) is 16.7 Å². The molecule has 178 valence electrons. The molecule has 2 heterocycles. The van der Waals surface area contributed by atoms with Crippen LogP contribution in [0.3, 0.4) is 0 Å². The maximum atomic E-state index is 12.1. The Balaban J connectivity index is 1.45. The third-order valence-electron chi connectivity index (χ3n) is 10.6. The standard InChI is InChI=1S/C30H35NO3/c1-19-9-10-21-15-23-29-12-11-28(18-32,22(17-29)27(2,33)16-20-7-5-4-6-8-20)26-30(29,13-14-31(23)3)24(21)25(19)34-26/h4-12,22-23,26,32-33H,13-18H2,1-3H3/t22-,23-,26+,27+,28-,29-,30+/m1/s1. The van der Waals surface area contributed by atoms with Crippen LogP contribution < -0.4 is 4.74 Å². The maximum absolute atomic E-state index is 12.1. The molecule has 4 heteroatoms. The molecule has 2 aromatic rings. The Morgan fingerprint density at radius 3 is 2.71 bits per heavy atom. The number of rotatable bonds is 4. The van der Waals surface area contributed by atoms with Gasteiger partial charge in [-0.1, -0.05) is 54.6 Å². The van der Waals surface area contributed by atoms with Crippen molar-refractivity contribution in [1.82, 2.24) is 4.90 Å². The lowest BCUT2D eigenvalue weighted by Gasteiger charge is -2.72. The predicted octanol–water partition coefficient (Wildman–Crippen LogP) is 3.80. The summed E-state index contributed by atoms with van der Waals surface area (Å²) in [6, 6.07) is 15.2. The normalized spacial score (nSPS) is 40.6. The molecule has 6 aliphatic rings. The second kappa shape index (κ2) is 6.54. The van der Waals surface area contributed by atoms with Gasteiger partial charge in [-0.05, 0) is 63.4 Å². The van der Waals surface area contributed by atoms with Crippen molar-refractivity contribution in [2.45, 2.75) is 62.7 Å². The van der Waals surface area contributed by atoms with Gasteiger partial charge in [-0.15, -0.1) is 0 Å². The molecule has 1 saturated heterocycles. The van der Waals surface area contributed by atoms with Gasteiger partial charge >= 0.3 is 0 Å². The molecular weight excluding hydrogens is 422 g/mol. The predicted molar refractivity (Wildman–Crippen MR) is 132 cm³/mol. The molecule has 0 unspecified atom stereocenters. The highest BCUT2D eigenvalue weighted by molar-refractivity contribution is 5.63. The Kier molecular flexibility index (Phi) is 4.07. The number of ether oxygens (including phenoxy) is 1. The number of hydrogen-bond donors (Lipinski definition) is 2. The van der Waals surface area contributed by atoms with E-state index in [1.54, 1.807) is 0 Å². The number of likely N-dealkylation sites (tertiary alicyclic amines) is 1. The minimum Gasteiger partial charge on any atom is -0.488 e. The van der Waals surface area contributed by atoms with E-state index in [4.69, 9.17) is 4.74 Å². The molecule has 0 amide bonds. The largest absolute Gasteiger partial charge is 0.488 e. The van der Waals surface area contributed by atoms with Crippen LogP contribution in [0.4, 0.5) is 0 Å². The summed E-state index contributed by atoms with van der Waals surface area (Å²) in [4.78, 5) is 2.55. The molecule has 1 saturated carbocycles. The van der Waals surface area contributed by atoms with Crippen LogP contribution in [0.15, 0.2) is 54.6 Å². The fourth-order valence-corrected chi connectivity index (χ4v) is 9.21. The van der Waals surface area contributed by atoms with Crippen molar-refractivity contribution in [1.29, 1.82) is 0 Å². The van der Waals surface area contributed by atoms with Crippen LogP contribution in [0.2, 0.25) is 0 Å². The number of aliphatic hydroxyl groups is 2. The fraction of sp³-hybridized carbons (Fsp3) is 0.533. The van der Waals surface area contributed by atoms with Crippen LogP contribution in [0.25, 0.3) is 0 Å². The van der Waals surface area contributed by atoms with Gasteiger partial charge in [-0.3, -0.25) is 0 Å². The highest BCUT2D eigenvalue weighted by atomic mass is 16.5. The van der Waals surface area contributed by atoms with Crippen LogP contribution in [0.5, 0.6) is 5.75 Å². The lowest BCUT2D eigenvalue weighted by Crippen LogP contribution is -2.78. The number of piperidine rings is 1. The van der Waals surface area contributed by atoms with Gasteiger partial charge in [0.1, 0.15) is 11.9 Å². The molecule has 2 aromatic carbocycles. The molecule has 4 aliphatic carbocycles. The first kappa shape index (κ1) is 21.2. The molecule has 4 nitrogen and oxygen atoms in total. The average molecular weight is 458 g/mol. The number of likely N-dealkylation sites (N-methyl/N-ethyl adjacent to an activating group) is 1. The van der Waals surface area contributed by atoms with Crippen molar-refractivity contribution in [2.75, 3.05) is 20.2 Å². The second-order valence-electron chi connectivity index (χ2n) is 12.1. The van der Waals surface area contributed by atoms with Gasteiger partial charge in [-0.2, -0.15) is 0 Å². The number of fused-ring (bicyclic) bond motifs is 1. The zero-order chi connectivity index (χ0) is 23.5. The molecule has 2 fully saturated rings. The Hall–Kier alpha value is -2.14. The molecule has 4 bridgehead atoms. The average Bonchev–Trinajstić information content (AvgIpc) is 3.21. The summed E-state index contributed by atoms with van der Waals surface area (Å²) in [5.74, 6) is 0.957. The Morgan fingerprint density at radius 1 is 1.15 bits per heavy atom. The Bertz CT molecular complexity index is 1210. The first-order valence-electron chi connectivity index (χ1n) is 12.9. The maximum Gasteiger partial charge on any atom is 0.126 e. The zero-order valence-corrected chi connectivity index (χ0v) is 20.4. The molecule has 8 rings (SSSR count). The quantitative estimate of drug-likeness (QED) is 0.686. The zero-order valence-electron chi connectivity index (χ0n) is 20.4. The summed E-state index contributed by atoms with van der Waals surface area (Å²) < 4.78 is 7.00. The van der Waals surface area contributed by atoms with Crippen LogP contribution in [-0.4, -0.2) is 53.1 Å². The van der Waals surface area contributed by atoms with E-state index in [0.29, 0.717) is 12.5 Å². The molecule has 2 spiro atoms. The summed E-state index contributed by atoms with van der Waals surface area (Å²) in [5, 5.41) is 23.3. The molecular formula is C30H35NO3. The number of benzene rings is 2. The monoisotopic (exact) mass is 457 g/mol. The number of nitrogens with zero attached hydrogens (tertiary/aromatic N) is 1. The Morgan fingerprint density at radius 2 is 1.94 bits per heavy atom. The third kappa shape index (κ3) is 2.22. The second-order valence-corrected chi connectivity index (χ2v) is 12.1. The summed E-state index contributed by atoms with van der Waals surface area (Å²) in [6.07, 6.45) is 8.07. The van der Waals surface area contributed by atoms with Crippen LogP contribution in [-0.2, 0) is 18.3 Å². The lowest BCUT2D eigenvalue weighted by molar-refractivity contribution is -0.217. The number of aryl methyl sites for hydroxylation is 1. The first-order chi connectivity index (χ1) is 16.3. The molecule has 2 aliphatic heterocycles. The van der Waals surface area contributed by atoms with Crippen molar-refractivity contribution in [3.63, 3.8) is 0 Å². The van der Waals surface area contributed by atoms with E-state index in [0.717, 1.165) is 37.1 Å². The lowest BCUT2D eigenvalue weighted by atomic mass is 9.34. The molecule has 34 heavy (non-hydrogen) atoms. The van der Waals surface area contributed by atoms with Gasteiger partial charge in [0.15, 0.2) is 0 Å². The number of aliphatic hydroxyl groups excluding tert-OH is 1. The van der Waals surface area contributed by atoms with E-state index in [9.17, 15) is 10.2 Å². The minimum atomic E-state index is -0.968. The molecule has 7 atom stereocenters. The van der Waals surface area contributed by atoms with E-state index in [-0.39, 0.29) is 29.5 Å². The smallest absolute Gasteiger partial charge is 0.126 e. The van der Waals surface area contributed by atoms with Crippen molar-refractivity contribution in [3.05, 3.63) is 76.9 Å². The fourth-order valence-electron chi connectivity index (χ4n) is 9.21. The molecule has 0 aromatic heterocycles. The summed E-state index contributed by atoms with van der Waals surface area (Å²) in [6.45, 7) is 5.17. The first-order valence-corrected chi connectivity index (χ1v) is 12.9. The van der Waals surface area contributed by atoms with Crippen LogP contribution in [0, 0.1) is 23.7 Å². The van der Waals surface area contributed by atoms with E-state index in [1.807, 2.05) is 25.1 Å². The van der Waals surface area contributed by atoms with E-state index in [2.05, 4.69) is 55.3 Å². The highest BCUT2D eigenvalue weighted by Gasteiger charge is 2.79. The van der Waals surface area contributed by atoms with E-state index in [1.165, 1.54) is 16.7 Å². The van der Waals surface area contributed by atoms with Crippen molar-refractivity contribution < 1.29 is 14.9 Å². The Labute approximate surface area is 202 Å². The van der Waals surface area contributed by atoms with Gasteiger partial charge < -0.3 is 19.8 Å². The highest BCUT2D eigenvalue weighted by Crippen LogP contribution is 2.76. The van der Waals surface area contributed by atoms with E-state index >= 15 is 0 Å². The van der Waals surface area contributed by atoms with Crippen molar-refractivity contribution in [3.8, 4) is 5.75 Å². The minimum absolute atomic E-state index is 0.00945. The topological polar surface area (TPSA) is 52.9 Å². The van der Waals surface area contributed by atoms with Gasteiger partial charge in [0.05, 0.1) is 17.6 Å². The van der Waals surface area contributed by atoms with Gasteiger partial charge in [0.25, 0.3) is 0 Å².